The molecule has 2 nitrogen and oxygen atoms in total. The van der Waals surface area contributed by atoms with E-state index in [1.165, 1.54) is 18.6 Å². The van der Waals surface area contributed by atoms with Crippen LogP contribution in [0.5, 0.6) is 5.75 Å². The maximum Gasteiger partial charge on any atom is 0.124 e. The lowest BCUT2D eigenvalue weighted by atomic mass is 10.1. The first-order valence-corrected chi connectivity index (χ1v) is 7.81. The lowest BCUT2D eigenvalue weighted by molar-refractivity contribution is 0.302. The van der Waals surface area contributed by atoms with E-state index in [1.807, 2.05) is 18.2 Å². The van der Waals surface area contributed by atoms with Crippen LogP contribution in [0, 0.1) is 11.7 Å². The minimum atomic E-state index is -0.224. The van der Waals surface area contributed by atoms with Gasteiger partial charge in [0.1, 0.15) is 18.2 Å². The molecular formula is C19H25ClFNO. The fraction of sp³-hybridized carbons (Fsp3) is 0.368. The van der Waals surface area contributed by atoms with Crippen molar-refractivity contribution in [1.82, 2.24) is 5.32 Å². The van der Waals surface area contributed by atoms with E-state index < -0.39 is 0 Å². The predicted octanol–water partition coefficient (Wildman–Crippen LogP) is 4.96. The van der Waals surface area contributed by atoms with Gasteiger partial charge in [0.2, 0.25) is 0 Å². The van der Waals surface area contributed by atoms with Crippen molar-refractivity contribution in [2.24, 2.45) is 5.92 Å². The summed E-state index contributed by atoms with van der Waals surface area (Å²) < 4.78 is 18.8. The van der Waals surface area contributed by atoms with Crippen LogP contribution in [0.25, 0.3) is 0 Å². The second-order valence-electron chi connectivity index (χ2n) is 5.88. The Morgan fingerprint density at radius 3 is 2.43 bits per heavy atom. The Morgan fingerprint density at radius 2 is 1.74 bits per heavy atom. The Bertz CT molecular complexity index is 572. The second kappa shape index (κ2) is 10.2. The highest BCUT2D eigenvalue weighted by Gasteiger charge is 2.04. The molecule has 0 spiro atoms. The van der Waals surface area contributed by atoms with Crippen LogP contribution >= 0.6 is 12.4 Å². The summed E-state index contributed by atoms with van der Waals surface area (Å²) in [5.41, 5.74) is 2.11. The molecule has 2 rings (SSSR count). The lowest BCUT2D eigenvalue weighted by Gasteiger charge is -2.13. The fourth-order valence-corrected chi connectivity index (χ4v) is 2.15. The van der Waals surface area contributed by atoms with Crippen molar-refractivity contribution in [1.29, 1.82) is 0 Å². The van der Waals surface area contributed by atoms with E-state index in [2.05, 4.69) is 25.2 Å². The minimum absolute atomic E-state index is 0. The molecule has 23 heavy (non-hydrogen) atoms. The monoisotopic (exact) mass is 337 g/mol. The molecule has 126 valence electrons. The van der Waals surface area contributed by atoms with Gasteiger partial charge in [0.15, 0.2) is 0 Å². The van der Waals surface area contributed by atoms with Gasteiger partial charge in [0.25, 0.3) is 0 Å². The number of ether oxygens (including phenoxy) is 1. The summed E-state index contributed by atoms with van der Waals surface area (Å²) in [7, 11) is 0. The van der Waals surface area contributed by atoms with Gasteiger partial charge in [0, 0.05) is 12.1 Å². The summed E-state index contributed by atoms with van der Waals surface area (Å²) in [5.74, 6) is 1.36. The highest BCUT2D eigenvalue weighted by atomic mass is 35.5. The average Bonchev–Trinajstić information content (AvgIpc) is 2.52. The van der Waals surface area contributed by atoms with Gasteiger partial charge in [0.05, 0.1) is 0 Å². The molecule has 0 bridgehead atoms. The number of rotatable bonds is 8. The van der Waals surface area contributed by atoms with Crippen LogP contribution in [-0.4, -0.2) is 6.54 Å². The summed E-state index contributed by atoms with van der Waals surface area (Å²) in [6, 6.07) is 14.4. The molecular weight excluding hydrogens is 313 g/mol. The van der Waals surface area contributed by atoms with Crippen molar-refractivity contribution < 1.29 is 9.13 Å². The number of hydrogen-bond acceptors (Lipinski definition) is 2. The number of benzene rings is 2. The SMILES string of the molecule is CC(C)CCNCc1ccccc1OCc1ccc(F)cc1.Cl. The van der Waals surface area contributed by atoms with Crippen molar-refractivity contribution in [3.8, 4) is 5.75 Å². The average molecular weight is 338 g/mol. The van der Waals surface area contributed by atoms with Crippen molar-refractivity contribution in [2.75, 3.05) is 6.54 Å². The normalized spacial score (nSPS) is 10.4. The zero-order valence-electron chi connectivity index (χ0n) is 13.7. The molecule has 0 aliphatic carbocycles. The van der Waals surface area contributed by atoms with Crippen LogP contribution in [0.3, 0.4) is 0 Å². The zero-order chi connectivity index (χ0) is 15.8. The molecule has 0 saturated carbocycles. The van der Waals surface area contributed by atoms with Crippen molar-refractivity contribution in [3.63, 3.8) is 0 Å². The molecule has 2 aromatic carbocycles. The zero-order valence-corrected chi connectivity index (χ0v) is 14.5. The number of halogens is 2. The Balaban J connectivity index is 0.00000264. The van der Waals surface area contributed by atoms with Crippen LogP contribution in [-0.2, 0) is 13.2 Å². The first-order valence-electron chi connectivity index (χ1n) is 7.81. The summed E-state index contributed by atoms with van der Waals surface area (Å²) in [4.78, 5) is 0. The first-order chi connectivity index (χ1) is 10.6. The van der Waals surface area contributed by atoms with Crippen LogP contribution in [0.15, 0.2) is 48.5 Å². The van der Waals surface area contributed by atoms with E-state index in [0.29, 0.717) is 12.5 Å². The molecule has 0 atom stereocenters. The van der Waals surface area contributed by atoms with E-state index in [9.17, 15) is 4.39 Å². The summed E-state index contributed by atoms with van der Waals surface area (Å²) in [6.45, 7) is 6.70. The number of nitrogens with one attached hydrogen (secondary N) is 1. The third-order valence-electron chi connectivity index (χ3n) is 3.49. The lowest BCUT2D eigenvalue weighted by Crippen LogP contribution is -2.16. The topological polar surface area (TPSA) is 21.3 Å². The summed E-state index contributed by atoms with van der Waals surface area (Å²) in [6.07, 6.45) is 1.17. The maximum absolute atomic E-state index is 12.9. The van der Waals surface area contributed by atoms with Crippen LogP contribution < -0.4 is 10.1 Å². The third-order valence-corrected chi connectivity index (χ3v) is 3.49. The fourth-order valence-electron chi connectivity index (χ4n) is 2.15. The molecule has 0 heterocycles. The van der Waals surface area contributed by atoms with E-state index in [1.54, 1.807) is 12.1 Å². The van der Waals surface area contributed by atoms with Crippen LogP contribution in [0.4, 0.5) is 4.39 Å². The van der Waals surface area contributed by atoms with E-state index in [0.717, 1.165) is 30.0 Å². The summed E-state index contributed by atoms with van der Waals surface area (Å²) in [5, 5.41) is 3.45. The van der Waals surface area contributed by atoms with E-state index in [4.69, 9.17) is 4.74 Å². The predicted molar refractivity (Wildman–Crippen MR) is 95.6 cm³/mol. The van der Waals surface area contributed by atoms with Crippen molar-refractivity contribution in [3.05, 3.63) is 65.5 Å². The minimum Gasteiger partial charge on any atom is -0.489 e. The van der Waals surface area contributed by atoms with Gasteiger partial charge >= 0.3 is 0 Å². The standard InChI is InChI=1S/C19H24FNO.ClH/c1-15(2)11-12-21-13-17-5-3-4-6-19(17)22-14-16-7-9-18(20)10-8-16;/h3-10,15,21H,11-14H2,1-2H3;1H. The number of para-hydroxylation sites is 1. The van der Waals surface area contributed by atoms with E-state index >= 15 is 0 Å². The second-order valence-corrected chi connectivity index (χ2v) is 5.88. The maximum atomic E-state index is 12.9. The molecule has 2 aromatic rings. The molecule has 4 heteroatoms. The molecule has 0 unspecified atom stereocenters. The van der Waals surface area contributed by atoms with Crippen LogP contribution in [0.1, 0.15) is 31.4 Å². The quantitative estimate of drug-likeness (QED) is 0.687. The Labute approximate surface area is 144 Å². The smallest absolute Gasteiger partial charge is 0.124 e. The van der Waals surface area contributed by atoms with Crippen molar-refractivity contribution >= 4 is 12.4 Å². The Hall–Kier alpha value is -1.58. The molecule has 0 saturated heterocycles. The van der Waals surface area contributed by atoms with Gasteiger partial charge in [-0.1, -0.05) is 44.2 Å². The summed E-state index contributed by atoms with van der Waals surface area (Å²) >= 11 is 0. The molecule has 0 aliphatic heterocycles. The molecule has 0 aliphatic rings. The molecule has 0 radical (unpaired) electrons. The van der Waals surface area contributed by atoms with E-state index in [-0.39, 0.29) is 18.2 Å². The third kappa shape index (κ3) is 7.02. The molecule has 1 N–H and O–H groups in total. The highest BCUT2D eigenvalue weighted by molar-refractivity contribution is 5.85. The van der Waals surface area contributed by atoms with Crippen LogP contribution in [0.2, 0.25) is 0 Å². The van der Waals surface area contributed by atoms with Gasteiger partial charge in [-0.15, -0.1) is 12.4 Å². The van der Waals surface area contributed by atoms with Gasteiger partial charge < -0.3 is 10.1 Å². The Morgan fingerprint density at radius 1 is 1.04 bits per heavy atom. The molecule has 0 amide bonds. The Kier molecular flexibility index (Phi) is 8.67. The van der Waals surface area contributed by atoms with Gasteiger partial charge in [-0.2, -0.15) is 0 Å². The molecule has 0 aromatic heterocycles. The van der Waals surface area contributed by atoms with Gasteiger partial charge in [-0.3, -0.25) is 0 Å². The number of hydrogen-bond donors (Lipinski definition) is 1. The van der Waals surface area contributed by atoms with Gasteiger partial charge in [-0.25, -0.2) is 4.39 Å². The largest absolute Gasteiger partial charge is 0.489 e. The van der Waals surface area contributed by atoms with Gasteiger partial charge in [-0.05, 0) is 42.6 Å². The van der Waals surface area contributed by atoms with Crippen molar-refractivity contribution in [2.45, 2.75) is 33.4 Å². The highest BCUT2D eigenvalue weighted by Crippen LogP contribution is 2.19. The first kappa shape index (κ1) is 19.5. The molecule has 0 fully saturated rings.